The molecule has 4 aromatic rings. The van der Waals surface area contributed by atoms with Crippen molar-refractivity contribution in [3.05, 3.63) is 88.2 Å². The maximum Gasteiger partial charge on any atom is 0.252 e. The monoisotopic (exact) mass is 525 g/mol. The molecule has 0 aliphatic rings. The van der Waals surface area contributed by atoms with Gasteiger partial charge in [0.2, 0.25) is 11.7 Å². The summed E-state index contributed by atoms with van der Waals surface area (Å²) < 4.78 is 18.6. The van der Waals surface area contributed by atoms with Gasteiger partial charge in [-0.25, -0.2) is 0 Å². The SMILES string of the molecule is COc1cc2c(c(-c3ccccc3)cc(=O)n2C(C(=O)NC(C)(C)C)c2ccc(C#N)cc2)c(OC)c1OC. The van der Waals surface area contributed by atoms with Gasteiger partial charge in [0.05, 0.1) is 43.9 Å². The second kappa shape index (κ2) is 10.9. The third-order valence-electron chi connectivity index (χ3n) is 6.29. The van der Waals surface area contributed by atoms with Crippen LogP contribution in [0, 0.1) is 11.3 Å². The van der Waals surface area contributed by atoms with Crippen LogP contribution in [0.25, 0.3) is 22.0 Å². The first kappa shape index (κ1) is 27.3. The van der Waals surface area contributed by atoms with E-state index in [-0.39, 0.29) is 5.91 Å². The molecule has 1 aromatic heterocycles. The minimum absolute atomic E-state index is 0.343. The maximum absolute atomic E-state index is 14.0. The molecule has 3 aromatic carbocycles. The number of nitrogens with one attached hydrogen (secondary N) is 1. The van der Waals surface area contributed by atoms with Gasteiger partial charge in [-0.3, -0.25) is 14.2 Å². The summed E-state index contributed by atoms with van der Waals surface area (Å²) in [6, 6.07) is 20.3. The highest BCUT2D eigenvalue weighted by molar-refractivity contribution is 6.03. The van der Waals surface area contributed by atoms with Gasteiger partial charge in [0.1, 0.15) is 6.04 Å². The van der Waals surface area contributed by atoms with E-state index < -0.39 is 17.1 Å². The number of hydrogen-bond donors (Lipinski definition) is 1. The van der Waals surface area contributed by atoms with Crippen LogP contribution in [-0.4, -0.2) is 37.3 Å². The Morgan fingerprint density at radius 3 is 2.10 bits per heavy atom. The van der Waals surface area contributed by atoms with Crippen molar-refractivity contribution in [1.82, 2.24) is 9.88 Å². The fourth-order valence-corrected chi connectivity index (χ4v) is 4.68. The standard InChI is InChI=1S/C31H31N3O5/c1-31(2,3)33-30(36)27(21-14-12-19(18-32)13-15-21)34-23-17-24(37-4)28(38-5)29(39-6)26(23)22(16-25(34)35)20-10-8-7-9-11-20/h7-17,27H,1-6H3,(H,33,36). The zero-order valence-corrected chi connectivity index (χ0v) is 22.9. The minimum atomic E-state index is -1.06. The Balaban J connectivity index is 2.17. The number of pyridine rings is 1. The van der Waals surface area contributed by atoms with E-state index >= 15 is 0 Å². The van der Waals surface area contributed by atoms with Crippen molar-refractivity contribution in [1.29, 1.82) is 5.26 Å². The number of amides is 1. The van der Waals surface area contributed by atoms with Crippen LogP contribution in [0.15, 0.2) is 71.5 Å². The summed E-state index contributed by atoms with van der Waals surface area (Å²) in [5, 5.41) is 12.9. The van der Waals surface area contributed by atoms with Gasteiger partial charge in [0.25, 0.3) is 5.56 Å². The molecule has 8 heteroatoms. The van der Waals surface area contributed by atoms with Gasteiger partial charge in [-0.2, -0.15) is 5.26 Å². The predicted octanol–water partition coefficient (Wildman–Crippen LogP) is 5.07. The van der Waals surface area contributed by atoms with E-state index in [2.05, 4.69) is 11.4 Å². The molecule has 1 atom stereocenters. The van der Waals surface area contributed by atoms with E-state index in [0.29, 0.717) is 44.8 Å². The molecule has 1 amide bonds. The summed E-state index contributed by atoms with van der Waals surface area (Å²) >= 11 is 0. The number of carbonyl (C=O) groups is 1. The van der Waals surface area contributed by atoms with Crippen molar-refractivity contribution in [3.63, 3.8) is 0 Å². The van der Waals surface area contributed by atoms with E-state index in [9.17, 15) is 14.9 Å². The van der Waals surface area contributed by atoms with E-state index in [1.165, 1.54) is 32.0 Å². The molecular formula is C31H31N3O5. The van der Waals surface area contributed by atoms with Crippen molar-refractivity contribution in [3.8, 4) is 34.4 Å². The summed E-state index contributed by atoms with van der Waals surface area (Å²) in [4.78, 5) is 27.9. The summed E-state index contributed by atoms with van der Waals surface area (Å²) in [6.07, 6.45) is 0. The highest BCUT2D eigenvalue weighted by atomic mass is 16.5. The van der Waals surface area contributed by atoms with E-state index in [1.807, 2.05) is 51.1 Å². The number of methoxy groups -OCH3 is 3. The van der Waals surface area contributed by atoms with Gasteiger partial charge in [0, 0.05) is 23.2 Å². The van der Waals surface area contributed by atoms with Crippen LogP contribution in [0.5, 0.6) is 17.2 Å². The topological polar surface area (TPSA) is 103 Å². The third-order valence-corrected chi connectivity index (χ3v) is 6.29. The Morgan fingerprint density at radius 1 is 0.923 bits per heavy atom. The first-order chi connectivity index (χ1) is 18.6. The van der Waals surface area contributed by atoms with E-state index in [0.717, 1.165) is 5.56 Å². The molecule has 0 fully saturated rings. The van der Waals surface area contributed by atoms with Crippen LogP contribution in [0.4, 0.5) is 0 Å². The molecule has 0 saturated carbocycles. The molecule has 0 radical (unpaired) electrons. The Hall–Kier alpha value is -4.77. The van der Waals surface area contributed by atoms with Gasteiger partial charge in [0.15, 0.2) is 11.5 Å². The zero-order chi connectivity index (χ0) is 28.3. The number of aromatic nitrogens is 1. The third kappa shape index (κ3) is 5.30. The molecule has 4 rings (SSSR count). The van der Waals surface area contributed by atoms with Gasteiger partial charge >= 0.3 is 0 Å². The van der Waals surface area contributed by atoms with Gasteiger partial charge in [-0.15, -0.1) is 0 Å². The molecule has 0 bridgehead atoms. The normalized spacial score (nSPS) is 11.9. The predicted molar refractivity (Wildman–Crippen MR) is 150 cm³/mol. The number of hydrogen-bond acceptors (Lipinski definition) is 6. The Kier molecular flexibility index (Phi) is 7.63. The second-order valence-corrected chi connectivity index (χ2v) is 10.0. The molecular weight excluding hydrogens is 494 g/mol. The molecule has 0 saturated heterocycles. The van der Waals surface area contributed by atoms with Gasteiger partial charge < -0.3 is 19.5 Å². The maximum atomic E-state index is 14.0. The minimum Gasteiger partial charge on any atom is -0.493 e. The molecule has 39 heavy (non-hydrogen) atoms. The molecule has 1 heterocycles. The average Bonchev–Trinajstić information content (AvgIpc) is 2.92. The van der Waals surface area contributed by atoms with Gasteiger partial charge in [-0.1, -0.05) is 42.5 Å². The molecule has 0 spiro atoms. The summed E-state index contributed by atoms with van der Waals surface area (Å²) in [5.41, 5.74) is 1.87. The molecule has 0 aliphatic heterocycles. The number of ether oxygens (including phenoxy) is 3. The number of nitriles is 1. The molecule has 200 valence electrons. The fraction of sp³-hybridized carbons (Fsp3) is 0.258. The van der Waals surface area contributed by atoms with Crippen molar-refractivity contribution in [2.24, 2.45) is 0 Å². The summed E-state index contributed by atoms with van der Waals surface area (Å²) in [5.74, 6) is 0.699. The zero-order valence-electron chi connectivity index (χ0n) is 22.9. The van der Waals surface area contributed by atoms with Crippen molar-refractivity contribution < 1.29 is 19.0 Å². The quantitative estimate of drug-likeness (QED) is 0.361. The lowest BCUT2D eigenvalue weighted by molar-refractivity contribution is -0.124. The van der Waals surface area contributed by atoms with E-state index in [1.54, 1.807) is 30.3 Å². The average molecular weight is 526 g/mol. The number of benzene rings is 3. The molecule has 1 N–H and O–H groups in total. The van der Waals surface area contributed by atoms with Crippen molar-refractivity contribution >= 4 is 16.8 Å². The van der Waals surface area contributed by atoms with Crippen molar-refractivity contribution in [2.45, 2.75) is 32.4 Å². The molecule has 8 nitrogen and oxygen atoms in total. The highest BCUT2D eigenvalue weighted by Crippen LogP contribution is 2.47. The van der Waals surface area contributed by atoms with Crippen LogP contribution in [0.3, 0.4) is 0 Å². The number of nitrogens with zero attached hydrogens (tertiary/aromatic N) is 2. The van der Waals surface area contributed by atoms with Crippen LogP contribution >= 0.6 is 0 Å². The number of carbonyl (C=O) groups excluding carboxylic acids is 1. The smallest absolute Gasteiger partial charge is 0.252 e. The second-order valence-electron chi connectivity index (χ2n) is 10.0. The first-order valence-corrected chi connectivity index (χ1v) is 12.4. The van der Waals surface area contributed by atoms with Crippen molar-refractivity contribution in [2.75, 3.05) is 21.3 Å². The highest BCUT2D eigenvalue weighted by Gasteiger charge is 2.31. The number of fused-ring (bicyclic) bond motifs is 1. The summed E-state index contributed by atoms with van der Waals surface area (Å²) in [6.45, 7) is 5.62. The lowest BCUT2D eigenvalue weighted by Crippen LogP contribution is -2.46. The molecule has 1 unspecified atom stereocenters. The lowest BCUT2D eigenvalue weighted by atomic mass is 9.97. The van der Waals surface area contributed by atoms with Crippen LogP contribution < -0.4 is 25.1 Å². The van der Waals surface area contributed by atoms with E-state index in [4.69, 9.17) is 14.2 Å². The summed E-state index contributed by atoms with van der Waals surface area (Å²) in [7, 11) is 4.53. The largest absolute Gasteiger partial charge is 0.493 e. The van der Waals surface area contributed by atoms with Crippen LogP contribution in [0.2, 0.25) is 0 Å². The number of rotatable bonds is 7. The Labute approximate surface area is 227 Å². The van der Waals surface area contributed by atoms with Crippen LogP contribution in [0.1, 0.15) is 37.9 Å². The fourth-order valence-electron chi connectivity index (χ4n) is 4.68. The first-order valence-electron chi connectivity index (χ1n) is 12.4. The molecule has 0 aliphatic carbocycles. The Morgan fingerprint density at radius 2 is 1.56 bits per heavy atom. The Bertz CT molecular complexity index is 1610. The van der Waals surface area contributed by atoms with Crippen LogP contribution in [-0.2, 0) is 4.79 Å². The van der Waals surface area contributed by atoms with Gasteiger partial charge in [-0.05, 0) is 44.0 Å². The lowest BCUT2D eigenvalue weighted by Gasteiger charge is -2.28.